The second kappa shape index (κ2) is 4.80. The normalized spacial score (nSPS) is 9.89. The summed E-state index contributed by atoms with van der Waals surface area (Å²) in [5.41, 5.74) is -0.319. The molecular formula is C13H7F3N2. The van der Waals surface area contributed by atoms with Crippen molar-refractivity contribution < 1.29 is 13.2 Å². The molecule has 1 N–H and O–H groups in total. The smallest absolute Gasteiger partial charge is 0.182 e. The highest BCUT2D eigenvalue weighted by molar-refractivity contribution is 5.67. The number of nitrogens with one attached hydrogen (secondary N) is 1. The van der Waals surface area contributed by atoms with E-state index < -0.39 is 17.5 Å². The van der Waals surface area contributed by atoms with Gasteiger partial charge in [-0.3, -0.25) is 0 Å². The summed E-state index contributed by atoms with van der Waals surface area (Å²) in [6.45, 7) is 0. The molecule has 0 aliphatic carbocycles. The molecule has 0 atom stereocenters. The molecule has 0 saturated heterocycles. The lowest BCUT2D eigenvalue weighted by Crippen LogP contribution is -1.99. The Morgan fingerprint density at radius 1 is 0.889 bits per heavy atom. The first kappa shape index (κ1) is 12.0. The minimum absolute atomic E-state index is 0.0852. The summed E-state index contributed by atoms with van der Waals surface area (Å²) in [7, 11) is 0. The van der Waals surface area contributed by atoms with Crippen molar-refractivity contribution in [2.75, 3.05) is 5.32 Å². The fourth-order valence-corrected chi connectivity index (χ4v) is 1.49. The fraction of sp³-hybridized carbons (Fsp3) is 0. The average Bonchev–Trinajstić information content (AvgIpc) is 2.35. The van der Waals surface area contributed by atoms with Crippen LogP contribution in [0, 0.1) is 28.8 Å². The molecule has 2 aromatic carbocycles. The van der Waals surface area contributed by atoms with E-state index in [1.807, 2.05) is 0 Å². The van der Waals surface area contributed by atoms with Gasteiger partial charge in [-0.15, -0.1) is 0 Å². The highest BCUT2D eigenvalue weighted by atomic mass is 19.2. The standard InChI is InChI=1S/C13H7F3N2/c14-9-3-1-5-11(8(9)7-17)18-12-6-2-4-10(15)13(12)16/h1-6,18H. The van der Waals surface area contributed by atoms with Crippen molar-refractivity contribution in [1.82, 2.24) is 0 Å². The predicted octanol–water partition coefficient (Wildman–Crippen LogP) is 3.72. The van der Waals surface area contributed by atoms with Gasteiger partial charge >= 0.3 is 0 Å². The van der Waals surface area contributed by atoms with Crippen LogP contribution in [0.5, 0.6) is 0 Å². The molecule has 2 aromatic rings. The SMILES string of the molecule is N#Cc1c(F)cccc1Nc1cccc(F)c1F. The number of benzene rings is 2. The largest absolute Gasteiger partial charge is 0.352 e. The van der Waals surface area contributed by atoms with E-state index in [0.29, 0.717) is 0 Å². The summed E-state index contributed by atoms with van der Waals surface area (Å²) >= 11 is 0. The van der Waals surface area contributed by atoms with Gasteiger partial charge in [-0.2, -0.15) is 5.26 Å². The maximum Gasteiger partial charge on any atom is 0.182 e. The van der Waals surface area contributed by atoms with Crippen molar-refractivity contribution in [3.05, 3.63) is 59.4 Å². The van der Waals surface area contributed by atoms with E-state index in [2.05, 4.69) is 5.32 Å². The maximum atomic E-state index is 13.4. The van der Waals surface area contributed by atoms with E-state index in [0.717, 1.165) is 12.1 Å². The summed E-state index contributed by atoms with van der Waals surface area (Å²) in [6, 6.07) is 9.14. The van der Waals surface area contributed by atoms with Gasteiger partial charge in [0.05, 0.1) is 11.4 Å². The van der Waals surface area contributed by atoms with Crippen LogP contribution in [0.4, 0.5) is 24.5 Å². The van der Waals surface area contributed by atoms with E-state index in [9.17, 15) is 13.2 Å². The summed E-state index contributed by atoms with van der Waals surface area (Å²) < 4.78 is 39.7. The topological polar surface area (TPSA) is 35.8 Å². The zero-order valence-corrected chi connectivity index (χ0v) is 9.05. The number of hydrogen-bond acceptors (Lipinski definition) is 2. The Labute approximate surface area is 101 Å². The molecular weight excluding hydrogens is 241 g/mol. The van der Waals surface area contributed by atoms with Crippen molar-refractivity contribution in [3.8, 4) is 6.07 Å². The lowest BCUT2D eigenvalue weighted by Gasteiger charge is -2.09. The van der Waals surface area contributed by atoms with Gasteiger partial charge in [0.15, 0.2) is 11.6 Å². The van der Waals surface area contributed by atoms with E-state index in [1.165, 1.54) is 24.3 Å². The first-order valence-electron chi connectivity index (χ1n) is 5.03. The molecule has 0 aliphatic rings. The second-order valence-corrected chi connectivity index (χ2v) is 3.50. The molecule has 0 aromatic heterocycles. The molecule has 0 saturated carbocycles. The first-order chi connectivity index (χ1) is 8.63. The van der Waals surface area contributed by atoms with E-state index >= 15 is 0 Å². The zero-order valence-electron chi connectivity index (χ0n) is 9.05. The Morgan fingerprint density at radius 3 is 2.17 bits per heavy atom. The van der Waals surface area contributed by atoms with Crippen LogP contribution in [0.25, 0.3) is 0 Å². The quantitative estimate of drug-likeness (QED) is 0.879. The van der Waals surface area contributed by atoms with E-state index in [4.69, 9.17) is 5.26 Å². The fourth-order valence-electron chi connectivity index (χ4n) is 1.49. The number of hydrogen-bond donors (Lipinski definition) is 1. The zero-order chi connectivity index (χ0) is 13.1. The molecule has 0 radical (unpaired) electrons. The highest BCUT2D eigenvalue weighted by Gasteiger charge is 2.11. The van der Waals surface area contributed by atoms with Gasteiger partial charge in [-0.05, 0) is 24.3 Å². The summed E-state index contributed by atoms with van der Waals surface area (Å²) in [5, 5.41) is 11.3. The number of nitrogens with zero attached hydrogens (tertiary/aromatic N) is 1. The van der Waals surface area contributed by atoms with Gasteiger partial charge in [0.2, 0.25) is 0 Å². The molecule has 18 heavy (non-hydrogen) atoms. The number of rotatable bonds is 2. The molecule has 0 spiro atoms. The minimum atomic E-state index is -1.08. The third-order valence-electron chi connectivity index (χ3n) is 2.35. The first-order valence-corrected chi connectivity index (χ1v) is 5.03. The van der Waals surface area contributed by atoms with Crippen molar-refractivity contribution in [1.29, 1.82) is 5.26 Å². The third kappa shape index (κ3) is 2.13. The number of halogens is 3. The van der Waals surface area contributed by atoms with Crippen LogP contribution < -0.4 is 5.32 Å². The van der Waals surface area contributed by atoms with Crippen LogP contribution in [0.2, 0.25) is 0 Å². The van der Waals surface area contributed by atoms with Crippen LogP contribution in [0.3, 0.4) is 0 Å². The van der Waals surface area contributed by atoms with Crippen molar-refractivity contribution in [2.45, 2.75) is 0 Å². The van der Waals surface area contributed by atoms with Crippen molar-refractivity contribution >= 4 is 11.4 Å². The van der Waals surface area contributed by atoms with Crippen LogP contribution in [0.1, 0.15) is 5.56 Å². The Hall–Kier alpha value is -2.48. The Morgan fingerprint density at radius 2 is 1.50 bits per heavy atom. The molecule has 0 amide bonds. The van der Waals surface area contributed by atoms with Gasteiger partial charge in [-0.25, -0.2) is 13.2 Å². The van der Waals surface area contributed by atoms with Gasteiger partial charge in [-0.1, -0.05) is 12.1 Å². The van der Waals surface area contributed by atoms with Gasteiger partial charge in [0.1, 0.15) is 17.4 Å². The van der Waals surface area contributed by atoms with Gasteiger partial charge in [0.25, 0.3) is 0 Å². The summed E-state index contributed by atoms with van der Waals surface area (Å²) in [4.78, 5) is 0. The maximum absolute atomic E-state index is 13.4. The predicted molar refractivity (Wildman–Crippen MR) is 60.8 cm³/mol. The highest BCUT2D eigenvalue weighted by Crippen LogP contribution is 2.25. The molecule has 90 valence electrons. The Balaban J connectivity index is 2.44. The van der Waals surface area contributed by atoms with E-state index in [1.54, 1.807) is 6.07 Å². The number of nitriles is 1. The molecule has 2 rings (SSSR count). The van der Waals surface area contributed by atoms with Crippen LogP contribution in [0.15, 0.2) is 36.4 Å². The van der Waals surface area contributed by atoms with Crippen LogP contribution >= 0.6 is 0 Å². The molecule has 0 fully saturated rings. The Bertz CT molecular complexity index is 633. The molecule has 0 heterocycles. The summed E-state index contributed by atoms with van der Waals surface area (Å²) in [5.74, 6) is -2.82. The monoisotopic (exact) mass is 248 g/mol. The molecule has 0 unspecified atom stereocenters. The molecule has 0 bridgehead atoms. The Kier molecular flexibility index (Phi) is 3.20. The van der Waals surface area contributed by atoms with E-state index in [-0.39, 0.29) is 16.9 Å². The van der Waals surface area contributed by atoms with Crippen LogP contribution in [-0.4, -0.2) is 0 Å². The van der Waals surface area contributed by atoms with Crippen LogP contribution in [-0.2, 0) is 0 Å². The lowest BCUT2D eigenvalue weighted by molar-refractivity contribution is 0.512. The average molecular weight is 248 g/mol. The van der Waals surface area contributed by atoms with Gasteiger partial charge < -0.3 is 5.32 Å². The van der Waals surface area contributed by atoms with Crippen molar-refractivity contribution in [2.24, 2.45) is 0 Å². The third-order valence-corrected chi connectivity index (χ3v) is 2.35. The second-order valence-electron chi connectivity index (χ2n) is 3.50. The molecule has 0 aliphatic heterocycles. The summed E-state index contributed by atoms with van der Waals surface area (Å²) in [6.07, 6.45) is 0. The molecule has 2 nitrogen and oxygen atoms in total. The van der Waals surface area contributed by atoms with Crippen molar-refractivity contribution in [3.63, 3.8) is 0 Å². The van der Waals surface area contributed by atoms with Gasteiger partial charge in [0, 0.05) is 0 Å². The minimum Gasteiger partial charge on any atom is -0.352 e. The molecule has 5 heteroatoms. The number of anilines is 2. The lowest BCUT2D eigenvalue weighted by atomic mass is 10.1.